The average molecular weight is 339 g/mol. The lowest BCUT2D eigenvalue weighted by molar-refractivity contribution is -0.183. The number of carbonyl (C=O) groups is 1. The van der Waals surface area contributed by atoms with Gasteiger partial charge in [0, 0.05) is 46.0 Å². The van der Waals surface area contributed by atoms with Crippen LogP contribution in [0.15, 0.2) is 12.3 Å². The zero-order valence-corrected chi connectivity index (χ0v) is 12.8. The van der Waals surface area contributed by atoms with Gasteiger partial charge in [0.15, 0.2) is 0 Å². The summed E-state index contributed by atoms with van der Waals surface area (Å²) in [6.45, 7) is 1.14. The number of piperazine rings is 1. The van der Waals surface area contributed by atoms with E-state index >= 15 is 0 Å². The van der Waals surface area contributed by atoms with E-state index in [2.05, 4.69) is 10.6 Å². The second-order valence-corrected chi connectivity index (χ2v) is 5.64. The Kier molecular flexibility index (Phi) is 5.36. The standard InChI is InChI=1S/C13H18ClF3N4O/c1-20-8-9(14)6-10(20)12(22)19-7-11(13(15,16)17)21-4-2-18-3-5-21/h6,8,11,18H,2-5,7H2,1H3,(H,19,22). The van der Waals surface area contributed by atoms with Gasteiger partial charge in [0.2, 0.25) is 0 Å². The fourth-order valence-corrected chi connectivity index (χ4v) is 2.73. The van der Waals surface area contributed by atoms with Crippen molar-refractivity contribution in [2.75, 3.05) is 32.7 Å². The summed E-state index contributed by atoms with van der Waals surface area (Å²) in [7, 11) is 1.61. The van der Waals surface area contributed by atoms with Crippen molar-refractivity contribution >= 4 is 17.5 Å². The van der Waals surface area contributed by atoms with Crippen LogP contribution in [0.25, 0.3) is 0 Å². The number of halogens is 4. The maximum absolute atomic E-state index is 13.2. The van der Waals surface area contributed by atoms with Gasteiger partial charge in [-0.2, -0.15) is 13.2 Å². The Morgan fingerprint density at radius 3 is 2.59 bits per heavy atom. The van der Waals surface area contributed by atoms with Crippen molar-refractivity contribution in [2.24, 2.45) is 7.05 Å². The van der Waals surface area contributed by atoms with Crippen LogP contribution >= 0.6 is 11.6 Å². The molecule has 1 unspecified atom stereocenters. The van der Waals surface area contributed by atoms with Gasteiger partial charge in [-0.15, -0.1) is 0 Å². The molecule has 124 valence electrons. The van der Waals surface area contributed by atoms with Crippen LogP contribution in [0.5, 0.6) is 0 Å². The second-order valence-electron chi connectivity index (χ2n) is 5.21. The molecule has 1 aromatic heterocycles. The maximum atomic E-state index is 13.2. The summed E-state index contributed by atoms with van der Waals surface area (Å²) in [5, 5.41) is 5.73. The van der Waals surface area contributed by atoms with E-state index in [-0.39, 0.29) is 5.69 Å². The van der Waals surface area contributed by atoms with Gasteiger partial charge < -0.3 is 15.2 Å². The van der Waals surface area contributed by atoms with E-state index in [1.165, 1.54) is 21.7 Å². The number of aryl methyl sites for hydroxylation is 1. The number of hydrogen-bond acceptors (Lipinski definition) is 3. The van der Waals surface area contributed by atoms with Gasteiger partial charge in [0.05, 0.1) is 5.02 Å². The van der Waals surface area contributed by atoms with Crippen molar-refractivity contribution in [3.8, 4) is 0 Å². The molecule has 0 aromatic carbocycles. The van der Waals surface area contributed by atoms with E-state index in [4.69, 9.17) is 11.6 Å². The average Bonchev–Trinajstić information content (AvgIpc) is 2.77. The number of rotatable bonds is 4. The lowest BCUT2D eigenvalue weighted by Crippen LogP contribution is -2.57. The Bertz CT molecular complexity index is 526. The van der Waals surface area contributed by atoms with E-state index in [1.54, 1.807) is 7.05 Å². The number of carbonyl (C=O) groups excluding carboxylic acids is 1. The van der Waals surface area contributed by atoms with Crippen LogP contribution in [0, 0.1) is 0 Å². The zero-order chi connectivity index (χ0) is 16.3. The van der Waals surface area contributed by atoms with Gasteiger partial charge >= 0.3 is 6.18 Å². The molecule has 1 atom stereocenters. The summed E-state index contributed by atoms with van der Waals surface area (Å²) in [6, 6.07) is -0.265. The molecule has 0 aliphatic carbocycles. The summed E-state index contributed by atoms with van der Waals surface area (Å²) in [6.07, 6.45) is -2.87. The van der Waals surface area contributed by atoms with E-state index in [1.807, 2.05) is 0 Å². The van der Waals surface area contributed by atoms with Crippen LogP contribution in [0.4, 0.5) is 13.2 Å². The minimum absolute atomic E-state index is 0.228. The molecule has 2 N–H and O–H groups in total. The second kappa shape index (κ2) is 6.89. The Labute approximate surface area is 131 Å². The molecular weight excluding hydrogens is 321 g/mol. The topological polar surface area (TPSA) is 49.3 Å². The summed E-state index contributed by atoms with van der Waals surface area (Å²) in [4.78, 5) is 13.3. The third-order valence-corrected chi connectivity index (χ3v) is 3.84. The third kappa shape index (κ3) is 4.15. The molecule has 1 aliphatic heterocycles. The fraction of sp³-hybridized carbons (Fsp3) is 0.615. The molecular formula is C13H18ClF3N4O. The quantitative estimate of drug-likeness (QED) is 0.868. The maximum Gasteiger partial charge on any atom is 0.405 e. The van der Waals surface area contributed by atoms with Gasteiger partial charge in [-0.05, 0) is 6.07 Å². The first kappa shape index (κ1) is 17.1. The zero-order valence-electron chi connectivity index (χ0n) is 12.1. The van der Waals surface area contributed by atoms with Crippen molar-refractivity contribution in [2.45, 2.75) is 12.2 Å². The Morgan fingerprint density at radius 1 is 1.45 bits per heavy atom. The van der Waals surface area contributed by atoms with Crippen molar-refractivity contribution in [3.63, 3.8) is 0 Å². The number of amides is 1. The first-order valence-electron chi connectivity index (χ1n) is 6.90. The van der Waals surface area contributed by atoms with E-state index < -0.39 is 24.7 Å². The number of alkyl halides is 3. The highest BCUT2D eigenvalue weighted by atomic mass is 35.5. The summed E-state index contributed by atoms with van der Waals surface area (Å²) < 4.78 is 41.1. The molecule has 2 rings (SSSR count). The first-order valence-corrected chi connectivity index (χ1v) is 7.28. The minimum Gasteiger partial charge on any atom is -0.349 e. The molecule has 1 aromatic rings. The SMILES string of the molecule is Cn1cc(Cl)cc1C(=O)NCC(N1CCNCC1)C(F)(F)F. The van der Waals surface area contributed by atoms with Gasteiger partial charge in [-0.1, -0.05) is 11.6 Å². The molecule has 1 amide bonds. The lowest BCUT2D eigenvalue weighted by Gasteiger charge is -2.35. The predicted molar refractivity (Wildman–Crippen MR) is 77.0 cm³/mol. The normalized spacial score (nSPS) is 18.2. The number of nitrogens with one attached hydrogen (secondary N) is 2. The molecule has 1 fully saturated rings. The molecule has 0 radical (unpaired) electrons. The highest BCUT2D eigenvalue weighted by Gasteiger charge is 2.43. The van der Waals surface area contributed by atoms with Crippen molar-refractivity contribution in [1.29, 1.82) is 0 Å². The Balaban J connectivity index is 2.01. The summed E-state index contributed by atoms with van der Waals surface area (Å²) in [5.74, 6) is -0.571. The predicted octanol–water partition coefficient (Wildman–Crippen LogP) is 1.24. The van der Waals surface area contributed by atoms with Crippen LogP contribution in [-0.4, -0.2) is 60.3 Å². The van der Waals surface area contributed by atoms with Crippen LogP contribution < -0.4 is 10.6 Å². The van der Waals surface area contributed by atoms with Crippen LogP contribution in [-0.2, 0) is 7.05 Å². The monoisotopic (exact) mass is 338 g/mol. The number of nitrogens with zero attached hydrogens (tertiary/aromatic N) is 2. The summed E-state index contributed by atoms with van der Waals surface area (Å²) in [5.41, 5.74) is 0.228. The van der Waals surface area contributed by atoms with Crippen molar-refractivity contribution in [3.05, 3.63) is 23.0 Å². The van der Waals surface area contributed by atoms with Gasteiger partial charge in [-0.25, -0.2) is 0 Å². The molecule has 0 spiro atoms. The van der Waals surface area contributed by atoms with Crippen molar-refractivity contribution in [1.82, 2.24) is 20.1 Å². The first-order chi connectivity index (χ1) is 10.3. The van der Waals surface area contributed by atoms with Gasteiger partial charge in [-0.3, -0.25) is 9.69 Å². The van der Waals surface area contributed by atoms with Crippen LogP contribution in [0.2, 0.25) is 5.02 Å². The van der Waals surface area contributed by atoms with Gasteiger partial charge in [0.1, 0.15) is 11.7 Å². The van der Waals surface area contributed by atoms with Crippen LogP contribution in [0.1, 0.15) is 10.5 Å². The molecule has 0 bridgehead atoms. The van der Waals surface area contributed by atoms with Crippen molar-refractivity contribution < 1.29 is 18.0 Å². The Morgan fingerprint density at radius 2 is 2.09 bits per heavy atom. The smallest absolute Gasteiger partial charge is 0.349 e. The van der Waals surface area contributed by atoms with E-state index in [0.29, 0.717) is 31.2 Å². The van der Waals surface area contributed by atoms with E-state index in [0.717, 1.165) is 0 Å². The molecule has 22 heavy (non-hydrogen) atoms. The lowest BCUT2D eigenvalue weighted by atomic mass is 10.2. The highest BCUT2D eigenvalue weighted by Crippen LogP contribution is 2.25. The molecule has 2 heterocycles. The molecule has 1 saturated heterocycles. The number of aromatic nitrogens is 1. The molecule has 0 saturated carbocycles. The largest absolute Gasteiger partial charge is 0.405 e. The Hall–Kier alpha value is -1.25. The minimum atomic E-state index is -4.39. The fourth-order valence-electron chi connectivity index (χ4n) is 2.48. The molecule has 5 nitrogen and oxygen atoms in total. The molecule has 1 aliphatic rings. The van der Waals surface area contributed by atoms with Crippen LogP contribution in [0.3, 0.4) is 0 Å². The number of hydrogen-bond donors (Lipinski definition) is 2. The van der Waals surface area contributed by atoms with Gasteiger partial charge in [0.25, 0.3) is 5.91 Å². The highest BCUT2D eigenvalue weighted by molar-refractivity contribution is 6.31. The molecule has 9 heteroatoms. The third-order valence-electron chi connectivity index (χ3n) is 3.63. The van der Waals surface area contributed by atoms with E-state index in [9.17, 15) is 18.0 Å². The summed E-state index contributed by atoms with van der Waals surface area (Å²) >= 11 is 5.77.